The van der Waals surface area contributed by atoms with Crippen LogP contribution < -0.4 is 0 Å². The molecule has 1 N–H and O–H groups in total. The number of rotatable bonds is 4. The Hall–Kier alpha value is -2.36. The van der Waals surface area contributed by atoms with E-state index >= 15 is 0 Å². The van der Waals surface area contributed by atoms with Gasteiger partial charge in [0, 0.05) is 23.5 Å². The van der Waals surface area contributed by atoms with E-state index in [0.717, 1.165) is 10.4 Å². The molecule has 10 heteroatoms. The lowest BCUT2D eigenvalue weighted by Crippen LogP contribution is -2.44. The van der Waals surface area contributed by atoms with Crippen molar-refractivity contribution in [3.05, 3.63) is 34.4 Å². The van der Waals surface area contributed by atoms with Crippen LogP contribution in [0.4, 0.5) is 13.2 Å². The Balaban J connectivity index is 1.92. The summed E-state index contributed by atoms with van der Waals surface area (Å²) >= 11 is 0. The number of aromatic nitrogens is 4. The fraction of sp³-hybridized carbons (Fsp3) is 0.611. The Morgan fingerprint density at radius 1 is 1.39 bits per heavy atom. The molecule has 0 saturated carbocycles. The first kappa shape index (κ1) is 20.4. The van der Waals surface area contributed by atoms with Crippen molar-refractivity contribution in [2.75, 3.05) is 19.8 Å². The SMILES string of the molecule is Cc1nn(CC(F)(F)F)c(C)c1C1COCCN1C(=O)c1cc(C(C)C)[nH]n1. The Bertz CT molecular complexity index is 856. The number of halogens is 3. The van der Waals surface area contributed by atoms with Crippen LogP contribution in [0.5, 0.6) is 0 Å². The zero-order chi connectivity index (χ0) is 20.6. The van der Waals surface area contributed by atoms with Crippen LogP contribution in [0.2, 0.25) is 0 Å². The number of amides is 1. The van der Waals surface area contributed by atoms with E-state index in [1.807, 2.05) is 13.8 Å². The normalized spacial score (nSPS) is 18.1. The van der Waals surface area contributed by atoms with Gasteiger partial charge in [-0.3, -0.25) is 14.6 Å². The van der Waals surface area contributed by atoms with Gasteiger partial charge in [-0.2, -0.15) is 23.4 Å². The lowest BCUT2D eigenvalue weighted by molar-refractivity contribution is -0.143. The number of hydrogen-bond acceptors (Lipinski definition) is 4. The lowest BCUT2D eigenvalue weighted by Gasteiger charge is -2.35. The number of H-pyrrole nitrogens is 1. The van der Waals surface area contributed by atoms with Crippen molar-refractivity contribution in [2.24, 2.45) is 0 Å². The highest BCUT2D eigenvalue weighted by molar-refractivity contribution is 5.92. The molecule has 1 unspecified atom stereocenters. The minimum atomic E-state index is -4.37. The number of nitrogens with zero attached hydrogens (tertiary/aromatic N) is 4. The summed E-state index contributed by atoms with van der Waals surface area (Å²) in [5.74, 6) is -0.0848. The number of hydrogen-bond donors (Lipinski definition) is 1. The van der Waals surface area contributed by atoms with Crippen LogP contribution in [-0.4, -0.2) is 56.7 Å². The minimum absolute atomic E-state index is 0.194. The molecule has 0 aromatic carbocycles. The third-order valence-corrected chi connectivity index (χ3v) is 4.93. The largest absolute Gasteiger partial charge is 0.408 e. The van der Waals surface area contributed by atoms with E-state index < -0.39 is 18.8 Å². The van der Waals surface area contributed by atoms with Crippen molar-refractivity contribution in [3.8, 4) is 0 Å². The van der Waals surface area contributed by atoms with Crippen molar-refractivity contribution in [1.82, 2.24) is 24.9 Å². The number of alkyl halides is 3. The van der Waals surface area contributed by atoms with E-state index in [2.05, 4.69) is 15.3 Å². The Kier molecular flexibility index (Phi) is 5.51. The fourth-order valence-corrected chi connectivity index (χ4v) is 3.49. The average molecular weight is 399 g/mol. The molecule has 1 aliphatic heterocycles. The van der Waals surface area contributed by atoms with Crippen molar-refractivity contribution >= 4 is 5.91 Å². The summed E-state index contributed by atoms with van der Waals surface area (Å²) in [5.41, 5.74) is 2.57. The van der Waals surface area contributed by atoms with Crippen LogP contribution in [0.1, 0.15) is 58.9 Å². The molecule has 0 spiro atoms. The highest BCUT2D eigenvalue weighted by atomic mass is 19.4. The molecule has 0 radical (unpaired) electrons. The molecule has 3 rings (SSSR count). The summed E-state index contributed by atoms with van der Waals surface area (Å²) in [6.45, 7) is 6.93. The molecule has 0 bridgehead atoms. The van der Waals surface area contributed by atoms with Gasteiger partial charge < -0.3 is 9.64 Å². The lowest BCUT2D eigenvalue weighted by atomic mass is 10.0. The summed E-state index contributed by atoms with van der Waals surface area (Å²) in [6.07, 6.45) is -4.37. The van der Waals surface area contributed by atoms with Crippen LogP contribution in [0.15, 0.2) is 6.07 Å². The van der Waals surface area contributed by atoms with Crippen LogP contribution in [-0.2, 0) is 11.3 Å². The molecule has 1 atom stereocenters. The Morgan fingerprint density at radius 3 is 2.71 bits per heavy atom. The summed E-state index contributed by atoms with van der Waals surface area (Å²) in [5, 5.41) is 11.0. The molecule has 0 aliphatic carbocycles. The van der Waals surface area contributed by atoms with Crippen molar-refractivity contribution in [3.63, 3.8) is 0 Å². The van der Waals surface area contributed by atoms with Gasteiger partial charge in [-0.1, -0.05) is 13.8 Å². The third-order valence-electron chi connectivity index (χ3n) is 4.93. The summed E-state index contributed by atoms with van der Waals surface area (Å²) in [7, 11) is 0. The molecular formula is C18H24F3N5O2. The second kappa shape index (κ2) is 7.57. The number of morpholine rings is 1. The molecule has 1 amide bonds. The first-order valence-corrected chi connectivity index (χ1v) is 9.13. The van der Waals surface area contributed by atoms with E-state index in [-0.39, 0.29) is 24.1 Å². The molecule has 7 nitrogen and oxygen atoms in total. The number of carbonyl (C=O) groups is 1. The molecule has 2 aromatic heterocycles. The predicted octanol–water partition coefficient (Wildman–Crippen LogP) is 3.12. The second-order valence-corrected chi connectivity index (χ2v) is 7.31. The Labute approximate surface area is 160 Å². The molecule has 3 heterocycles. The van der Waals surface area contributed by atoms with E-state index in [4.69, 9.17) is 4.74 Å². The standard InChI is InChI=1S/C18H24F3N5O2/c1-10(2)13-7-14(23-22-13)17(27)25-5-6-28-8-15(25)16-11(3)24-26(12(16)4)9-18(19,20)21/h7,10,15H,5-6,8-9H2,1-4H3,(H,22,23). The molecule has 1 saturated heterocycles. The van der Waals surface area contributed by atoms with E-state index in [1.165, 1.54) is 0 Å². The highest BCUT2D eigenvalue weighted by Crippen LogP contribution is 2.32. The van der Waals surface area contributed by atoms with Gasteiger partial charge in [-0.05, 0) is 25.8 Å². The van der Waals surface area contributed by atoms with Gasteiger partial charge in [0.25, 0.3) is 5.91 Å². The number of aromatic amines is 1. The van der Waals surface area contributed by atoms with Crippen molar-refractivity contribution in [1.29, 1.82) is 0 Å². The molecule has 1 fully saturated rings. The smallest absolute Gasteiger partial charge is 0.377 e. The zero-order valence-corrected chi connectivity index (χ0v) is 16.3. The monoisotopic (exact) mass is 399 g/mol. The maximum Gasteiger partial charge on any atom is 0.408 e. The third kappa shape index (κ3) is 4.06. The van der Waals surface area contributed by atoms with Crippen molar-refractivity contribution < 1.29 is 22.7 Å². The summed E-state index contributed by atoms with van der Waals surface area (Å²) < 4.78 is 45.0. The maximum absolute atomic E-state index is 13.1. The second-order valence-electron chi connectivity index (χ2n) is 7.31. The van der Waals surface area contributed by atoms with Crippen LogP contribution in [0.3, 0.4) is 0 Å². The average Bonchev–Trinajstić information content (AvgIpc) is 3.19. The quantitative estimate of drug-likeness (QED) is 0.857. The molecule has 28 heavy (non-hydrogen) atoms. The van der Waals surface area contributed by atoms with E-state index in [0.29, 0.717) is 30.1 Å². The van der Waals surface area contributed by atoms with Gasteiger partial charge in [-0.15, -0.1) is 0 Å². The van der Waals surface area contributed by atoms with Gasteiger partial charge in [0.05, 0.1) is 24.9 Å². The molecule has 154 valence electrons. The van der Waals surface area contributed by atoms with Crippen molar-refractivity contribution in [2.45, 2.75) is 52.4 Å². The number of carbonyl (C=O) groups excluding carboxylic acids is 1. The number of nitrogens with one attached hydrogen (secondary N) is 1. The van der Waals surface area contributed by atoms with Crippen LogP contribution >= 0.6 is 0 Å². The van der Waals surface area contributed by atoms with E-state index in [1.54, 1.807) is 24.8 Å². The summed E-state index contributed by atoms with van der Waals surface area (Å²) in [4.78, 5) is 14.7. The zero-order valence-electron chi connectivity index (χ0n) is 16.3. The van der Waals surface area contributed by atoms with Crippen LogP contribution in [0.25, 0.3) is 0 Å². The fourth-order valence-electron chi connectivity index (χ4n) is 3.49. The Morgan fingerprint density at radius 2 is 2.11 bits per heavy atom. The first-order valence-electron chi connectivity index (χ1n) is 9.13. The number of ether oxygens (including phenoxy) is 1. The highest BCUT2D eigenvalue weighted by Gasteiger charge is 2.36. The summed E-state index contributed by atoms with van der Waals surface area (Å²) in [6, 6.07) is 1.20. The van der Waals surface area contributed by atoms with Gasteiger partial charge in [-0.25, -0.2) is 0 Å². The first-order chi connectivity index (χ1) is 13.1. The van der Waals surface area contributed by atoms with Gasteiger partial charge >= 0.3 is 6.18 Å². The molecular weight excluding hydrogens is 375 g/mol. The molecule has 2 aromatic rings. The predicted molar refractivity (Wildman–Crippen MR) is 95.0 cm³/mol. The topological polar surface area (TPSA) is 76.0 Å². The van der Waals surface area contributed by atoms with Crippen LogP contribution in [0, 0.1) is 13.8 Å². The van der Waals surface area contributed by atoms with E-state index in [9.17, 15) is 18.0 Å². The molecule has 1 aliphatic rings. The minimum Gasteiger partial charge on any atom is -0.377 e. The van der Waals surface area contributed by atoms with Gasteiger partial charge in [0.15, 0.2) is 0 Å². The maximum atomic E-state index is 13.1. The number of aryl methyl sites for hydroxylation is 1. The van der Waals surface area contributed by atoms with Gasteiger partial charge in [0.1, 0.15) is 12.2 Å². The van der Waals surface area contributed by atoms with Gasteiger partial charge in [0.2, 0.25) is 0 Å².